The summed E-state index contributed by atoms with van der Waals surface area (Å²) in [7, 11) is 0. The van der Waals surface area contributed by atoms with Crippen molar-refractivity contribution in [2.75, 3.05) is 0 Å². The lowest BCUT2D eigenvalue weighted by molar-refractivity contribution is 1.17. The average molecular weight is 1480 g/mol. The van der Waals surface area contributed by atoms with E-state index in [1.807, 2.05) is 0 Å². The fraction of sp³-hybridized carbons (Fsp3) is 0. The fourth-order valence-corrected chi connectivity index (χ4v) is 17.6. The van der Waals surface area contributed by atoms with E-state index >= 15 is 0 Å². The Hall–Kier alpha value is -15.5. The molecule has 6 heteroatoms. The van der Waals surface area contributed by atoms with Crippen molar-refractivity contribution in [2.45, 2.75) is 0 Å². The minimum absolute atomic E-state index is 0.694. The van der Waals surface area contributed by atoms with Crippen molar-refractivity contribution in [3.63, 3.8) is 0 Å². The monoisotopic (exact) mass is 1470 g/mol. The Bertz CT molecular complexity index is 7560. The van der Waals surface area contributed by atoms with E-state index in [2.05, 4.69) is 434 Å². The van der Waals surface area contributed by atoms with Crippen LogP contribution in [0.25, 0.3) is 221 Å². The topological polar surface area (TPSA) is 61.4 Å². The van der Waals surface area contributed by atoms with Crippen molar-refractivity contribution in [2.24, 2.45) is 0 Å². The van der Waals surface area contributed by atoms with E-state index in [-0.39, 0.29) is 0 Å². The molecule has 0 aliphatic carbocycles. The van der Waals surface area contributed by atoms with E-state index < -0.39 is 0 Å². The first-order valence-electron chi connectivity index (χ1n) is 39.6. The van der Waals surface area contributed by atoms with Crippen LogP contribution < -0.4 is 0 Å². The number of benzene rings is 19. The molecule has 19 aromatic carbocycles. The summed E-state index contributed by atoms with van der Waals surface area (Å²) >= 11 is 0. The highest BCUT2D eigenvalue weighted by Gasteiger charge is 2.23. The Labute approximate surface area is 670 Å². The smallest absolute Gasteiger partial charge is 0.160 e. The molecule has 0 saturated carbocycles. The Morgan fingerprint density at radius 1 is 0.155 bits per heavy atom. The van der Waals surface area contributed by atoms with Crippen LogP contribution in [0.5, 0.6) is 0 Å². The summed E-state index contributed by atoms with van der Waals surface area (Å²) < 4.78 is 4.81. The van der Waals surface area contributed by atoms with Gasteiger partial charge >= 0.3 is 0 Å². The van der Waals surface area contributed by atoms with Gasteiger partial charge < -0.3 is 9.13 Å². The van der Waals surface area contributed by atoms with E-state index in [4.69, 9.17) is 19.9 Å². The van der Waals surface area contributed by atoms with Crippen molar-refractivity contribution < 1.29 is 0 Å². The molecule has 0 aliphatic rings. The highest BCUT2D eigenvalue weighted by atomic mass is 15.0. The summed E-state index contributed by atoms with van der Waals surface area (Å²) in [5, 5.41) is 17.1. The van der Waals surface area contributed by atoms with Crippen molar-refractivity contribution in [1.82, 2.24) is 29.1 Å². The molecule has 23 aromatic rings. The highest BCUT2D eigenvalue weighted by Crippen LogP contribution is 2.45. The third-order valence-corrected chi connectivity index (χ3v) is 23.1. The number of aromatic nitrogens is 6. The molecule has 0 aliphatic heterocycles. The number of rotatable bonds is 11. The maximum absolute atomic E-state index is 5.36. The van der Waals surface area contributed by atoms with E-state index in [0.717, 1.165) is 72.4 Å². The molecule has 0 bridgehead atoms. The second-order valence-corrected chi connectivity index (χ2v) is 30.0. The van der Waals surface area contributed by atoms with Crippen molar-refractivity contribution >= 4 is 109 Å². The van der Waals surface area contributed by atoms with Gasteiger partial charge in [0.15, 0.2) is 11.6 Å². The van der Waals surface area contributed by atoms with Gasteiger partial charge in [0.05, 0.1) is 44.5 Å². The normalized spacial score (nSPS) is 11.6. The molecular weight excluding hydrogens is 1410 g/mol. The van der Waals surface area contributed by atoms with Gasteiger partial charge in [0.2, 0.25) is 0 Å². The summed E-state index contributed by atoms with van der Waals surface area (Å²) in [5.41, 5.74) is 26.4. The largest absolute Gasteiger partial charge is 0.309 e. The number of para-hydroxylation sites is 2. The van der Waals surface area contributed by atoms with Crippen LogP contribution in [-0.4, -0.2) is 29.1 Å². The van der Waals surface area contributed by atoms with Crippen LogP contribution in [-0.2, 0) is 0 Å². The van der Waals surface area contributed by atoms with E-state index in [1.165, 1.54) is 137 Å². The van der Waals surface area contributed by atoms with E-state index in [0.29, 0.717) is 11.6 Å². The SMILES string of the molecule is c1ccc(-c2cc(-c3ccccc3)cc(-c3ccc(-c4nc(-c5cccc(-n6c7ccc8ccccc8c7c7c8ccccc8ccc76)c5)nc5ccccc45)cc3)c2)cc1.c1ccc(-c2cccc(-c3ccc(-c4nc(-c5cccc(-n6c7ccc8ccccc8c7c7c8ccccc8ccc76)c5)nc5ccccc45)cc3)c2)cc1. The van der Waals surface area contributed by atoms with Crippen molar-refractivity contribution in [1.29, 1.82) is 0 Å². The second kappa shape index (κ2) is 28.4. The van der Waals surface area contributed by atoms with Gasteiger partial charge in [-0.05, 0) is 184 Å². The van der Waals surface area contributed by atoms with Gasteiger partial charge in [-0.3, -0.25) is 0 Å². The molecule has 4 heterocycles. The highest BCUT2D eigenvalue weighted by molar-refractivity contribution is 6.30. The molecule has 0 fully saturated rings. The Morgan fingerprint density at radius 3 is 0.776 bits per heavy atom. The minimum atomic E-state index is 0.694. The molecular formula is C110H70N6. The zero-order valence-corrected chi connectivity index (χ0v) is 63.1. The summed E-state index contributed by atoms with van der Waals surface area (Å²) in [6.45, 7) is 0. The lowest BCUT2D eigenvalue weighted by Gasteiger charge is -2.13. The summed E-state index contributed by atoms with van der Waals surface area (Å²) in [4.78, 5) is 21.0. The second-order valence-electron chi connectivity index (χ2n) is 30.0. The molecule has 6 nitrogen and oxygen atoms in total. The van der Waals surface area contributed by atoms with E-state index in [1.54, 1.807) is 0 Å². The first-order chi connectivity index (χ1) is 57.5. The molecule has 0 radical (unpaired) electrons. The molecule has 0 atom stereocenters. The maximum atomic E-state index is 5.36. The quantitative estimate of drug-likeness (QED) is 0.129. The van der Waals surface area contributed by atoms with Gasteiger partial charge in [-0.2, -0.15) is 0 Å². The molecule has 0 amide bonds. The van der Waals surface area contributed by atoms with Gasteiger partial charge in [0.25, 0.3) is 0 Å². The van der Waals surface area contributed by atoms with Crippen LogP contribution >= 0.6 is 0 Å². The molecule has 540 valence electrons. The molecule has 0 N–H and O–H groups in total. The van der Waals surface area contributed by atoms with Crippen LogP contribution in [0, 0.1) is 0 Å². The van der Waals surface area contributed by atoms with Gasteiger partial charge in [-0.25, -0.2) is 19.9 Å². The third kappa shape index (κ3) is 11.9. The summed E-state index contributed by atoms with van der Waals surface area (Å²) in [6.07, 6.45) is 0. The van der Waals surface area contributed by atoms with Gasteiger partial charge in [-0.15, -0.1) is 0 Å². The van der Waals surface area contributed by atoms with Gasteiger partial charge in [-0.1, -0.05) is 340 Å². The molecule has 0 unspecified atom stereocenters. The predicted octanol–water partition coefficient (Wildman–Crippen LogP) is 29.1. The predicted molar refractivity (Wildman–Crippen MR) is 487 cm³/mol. The maximum Gasteiger partial charge on any atom is 0.160 e. The van der Waals surface area contributed by atoms with E-state index in [9.17, 15) is 0 Å². The first kappa shape index (κ1) is 67.4. The number of hydrogen-bond donors (Lipinski definition) is 0. The van der Waals surface area contributed by atoms with Crippen LogP contribution in [0.3, 0.4) is 0 Å². The Kier molecular flexibility index (Phi) is 16.5. The summed E-state index contributed by atoms with van der Waals surface area (Å²) in [6, 6.07) is 152. The lowest BCUT2D eigenvalue weighted by Crippen LogP contribution is -1.98. The average Bonchev–Trinajstić information content (AvgIpc) is 1.56. The molecule has 23 rings (SSSR count). The lowest BCUT2D eigenvalue weighted by atomic mass is 9.93. The van der Waals surface area contributed by atoms with Crippen LogP contribution in [0.15, 0.2) is 425 Å². The van der Waals surface area contributed by atoms with Crippen molar-refractivity contribution in [3.05, 3.63) is 425 Å². The van der Waals surface area contributed by atoms with Crippen molar-refractivity contribution in [3.8, 4) is 112 Å². The molecule has 4 aromatic heterocycles. The van der Waals surface area contributed by atoms with Crippen LogP contribution in [0.2, 0.25) is 0 Å². The van der Waals surface area contributed by atoms with Gasteiger partial charge in [0, 0.05) is 65.9 Å². The standard InChI is InChI=1S/C58H37N3.C52H33N3/c1-3-14-38(15-4-1)45-34-46(39-16-5-2-6-17-39)36-47(35-45)40-26-28-43(29-27-40)57-51-24-11-12-25-52(51)59-58(60-57)44-20-13-21-48(37-44)61-53-32-30-41-18-7-9-22-49(41)55(53)56-50-23-10-8-19-42(50)31-33-54(56)61;1-2-12-34(13-3-1)39-16-10-17-40(32-39)35-24-26-38(27-25-35)51-45-22-8-9-23-46(45)53-52(54-51)41-18-11-19-42(33-41)55-47-30-28-36-14-4-6-20-43(36)49(47)50-44-21-7-5-15-37(44)29-31-48(50)55/h1-37H;1-33H. The fourth-order valence-electron chi connectivity index (χ4n) is 17.6. The summed E-state index contributed by atoms with van der Waals surface area (Å²) in [5.74, 6) is 1.39. The zero-order valence-electron chi connectivity index (χ0n) is 63.1. The third-order valence-electron chi connectivity index (χ3n) is 23.1. The Morgan fingerprint density at radius 2 is 0.414 bits per heavy atom. The first-order valence-corrected chi connectivity index (χ1v) is 39.6. The zero-order chi connectivity index (χ0) is 76.6. The van der Waals surface area contributed by atoms with Crippen LogP contribution in [0.1, 0.15) is 0 Å². The minimum Gasteiger partial charge on any atom is -0.309 e. The molecule has 116 heavy (non-hydrogen) atoms. The number of hydrogen-bond acceptors (Lipinski definition) is 4. The van der Waals surface area contributed by atoms with Crippen LogP contribution in [0.4, 0.5) is 0 Å². The molecule has 0 saturated heterocycles. The Balaban J connectivity index is 0.000000141. The molecule has 0 spiro atoms. The number of fused-ring (bicyclic) bond motifs is 16. The van der Waals surface area contributed by atoms with Gasteiger partial charge in [0.1, 0.15) is 0 Å². The number of nitrogens with zero attached hydrogens (tertiary/aromatic N) is 6.